The fourth-order valence-corrected chi connectivity index (χ4v) is 2.60. The minimum Gasteiger partial charge on any atom is -0.497 e. The fraction of sp³-hybridized carbons (Fsp3) is 0.364. The molecule has 1 rings (SSSR count). The van der Waals surface area contributed by atoms with E-state index >= 15 is 0 Å². The van der Waals surface area contributed by atoms with E-state index in [0.717, 1.165) is 17.8 Å². The summed E-state index contributed by atoms with van der Waals surface area (Å²) in [7, 11) is -0.0296. The number of hydrogen-bond donors (Lipinski definition) is 0. The SMILES string of the molecule is COc1cccc(N(C=O)[Si](C)(C)C)c1. The highest BCUT2D eigenvalue weighted by Crippen LogP contribution is 2.24. The van der Waals surface area contributed by atoms with Crippen LogP contribution in [0.5, 0.6) is 5.75 Å². The van der Waals surface area contributed by atoms with E-state index in [0.29, 0.717) is 0 Å². The second-order valence-corrected chi connectivity index (χ2v) is 9.17. The second-order valence-electron chi connectivity index (χ2n) is 4.35. The molecular formula is C11H17NO2Si. The summed E-state index contributed by atoms with van der Waals surface area (Å²) in [6.45, 7) is 6.38. The summed E-state index contributed by atoms with van der Waals surface area (Å²) >= 11 is 0. The van der Waals surface area contributed by atoms with Crippen LogP contribution < -0.4 is 9.30 Å². The molecule has 1 aromatic rings. The van der Waals surface area contributed by atoms with Crippen molar-refractivity contribution in [3.8, 4) is 5.75 Å². The van der Waals surface area contributed by atoms with Gasteiger partial charge < -0.3 is 9.30 Å². The van der Waals surface area contributed by atoms with Gasteiger partial charge in [-0.15, -0.1) is 0 Å². The van der Waals surface area contributed by atoms with Crippen LogP contribution in [-0.4, -0.2) is 21.8 Å². The van der Waals surface area contributed by atoms with Crippen LogP contribution in [0.2, 0.25) is 19.6 Å². The number of methoxy groups -OCH3 is 1. The molecule has 0 spiro atoms. The minimum absolute atomic E-state index is 0.776. The van der Waals surface area contributed by atoms with Crippen LogP contribution in [0.4, 0.5) is 5.69 Å². The van der Waals surface area contributed by atoms with E-state index in [2.05, 4.69) is 19.6 Å². The van der Waals surface area contributed by atoms with Crippen LogP contribution in [0.3, 0.4) is 0 Å². The number of benzene rings is 1. The van der Waals surface area contributed by atoms with Crippen molar-refractivity contribution in [2.75, 3.05) is 11.7 Å². The summed E-state index contributed by atoms with van der Waals surface area (Å²) in [5, 5.41) is 0. The summed E-state index contributed by atoms with van der Waals surface area (Å²) in [6.07, 6.45) is 0.904. The third kappa shape index (κ3) is 2.83. The summed E-state index contributed by atoms with van der Waals surface area (Å²) in [6, 6.07) is 7.57. The fourth-order valence-electron chi connectivity index (χ4n) is 1.37. The van der Waals surface area contributed by atoms with E-state index in [4.69, 9.17) is 4.74 Å². The molecule has 82 valence electrons. The topological polar surface area (TPSA) is 29.5 Å². The van der Waals surface area contributed by atoms with Crippen LogP contribution >= 0.6 is 0 Å². The quantitative estimate of drug-likeness (QED) is 0.580. The van der Waals surface area contributed by atoms with E-state index in [-0.39, 0.29) is 0 Å². The van der Waals surface area contributed by atoms with E-state index < -0.39 is 8.24 Å². The van der Waals surface area contributed by atoms with Gasteiger partial charge in [0.1, 0.15) is 5.75 Å². The van der Waals surface area contributed by atoms with Gasteiger partial charge >= 0.3 is 0 Å². The molecule has 15 heavy (non-hydrogen) atoms. The van der Waals surface area contributed by atoms with Gasteiger partial charge in [0.05, 0.1) is 7.11 Å². The van der Waals surface area contributed by atoms with Gasteiger partial charge in [0, 0.05) is 11.8 Å². The Morgan fingerprint density at radius 2 is 2.00 bits per heavy atom. The molecule has 0 aliphatic carbocycles. The predicted octanol–water partition coefficient (Wildman–Crippen LogP) is 2.49. The Kier molecular flexibility index (Phi) is 3.52. The molecule has 3 nitrogen and oxygen atoms in total. The van der Waals surface area contributed by atoms with Gasteiger partial charge in [-0.25, -0.2) is 0 Å². The lowest BCUT2D eigenvalue weighted by Gasteiger charge is -2.30. The molecule has 0 aliphatic heterocycles. The van der Waals surface area contributed by atoms with Crippen LogP contribution in [0, 0.1) is 0 Å². The molecule has 1 aromatic carbocycles. The number of carbonyl (C=O) groups excluding carboxylic acids is 1. The summed E-state index contributed by atoms with van der Waals surface area (Å²) in [5.74, 6) is 0.776. The van der Waals surface area contributed by atoms with Crippen molar-refractivity contribution in [1.82, 2.24) is 0 Å². The molecule has 1 amide bonds. The highest BCUT2D eigenvalue weighted by atomic mass is 28.3. The molecule has 0 radical (unpaired) electrons. The highest BCUT2D eigenvalue weighted by Gasteiger charge is 2.24. The van der Waals surface area contributed by atoms with Crippen LogP contribution in [-0.2, 0) is 4.79 Å². The lowest BCUT2D eigenvalue weighted by atomic mass is 10.3. The summed E-state index contributed by atoms with van der Waals surface area (Å²) < 4.78 is 6.95. The first-order valence-corrected chi connectivity index (χ1v) is 8.32. The Labute approximate surface area is 91.8 Å². The van der Waals surface area contributed by atoms with E-state index in [1.807, 2.05) is 28.8 Å². The van der Waals surface area contributed by atoms with Crippen molar-refractivity contribution in [3.05, 3.63) is 24.3 Å². The number of ether oxygens (including phenoxy) is 1. The first kappa shape index (κ1) is 11.8. The second kappa shape index (κ2) is 4.48. The molecule has 0 atom stereocenters. The largest absolute Gasteiger partial charge is 0.497 e. The maximum absolute atomic E-state index is 11.1. The Morgan fingerprint density at radius 1 is 1.33 bits per heavy atom. The number of nitrogens with zero attached hydrogens (tertiary/aromatic N) is 1. The van der Waals surface area contributed by atoms with Gasteiger partial charge in [0.25, 0.3) is 0 Å². The Hall–Kier alpha value is -1.29. The monoisotopic (exact) mass is 223 g/mol. The van der Waals surface area contributed by atoms with Crippen molar-refractivity contribution in [1.29, 1.82) is 0 Å². The van der Waals surface area contributed by atoms with Crippen molar-refractivity contribution in [3.63, 3.8) is 0 Å². The van der Waals surface area contributed by atoms with Crippen molar-refractivity contribution < 1.29 is 9.53 Å². The zero-order valence-electron chi connectivity index (χ0n) is 9.65. The number of amides is 1. The van der Waals surface area contributed by atoms with Crippen LogP contribution in [0.25, 0.3) is 0 Å². The molecule has 0 saturated heterocycles. The third-order valence-corrected chi connectivity index (χ3v) is 3.97. The number of anilines is 1. The Balaban J connectivity index is 3.07. The molecular weight excluding hydrogens is 206 g/mol. The molecule has 4 heteroatoms. The molecule has 0 unspecified atom stereocenters. The lowest BCUT2D eigenvalue weighted by Crippen LogP contribution is -2.45. The van der Waals surface area contributed by atoms with Gasteiger partial charge in [-0.05, 0) is 12.1 Å². The lowest BCUT2D eigenvalue weighted by molar-refractivity contribution is -0.106. The maximum atomic E-state index is 11.1. The van der Waals surface area contributed by atoms with Crippen molar-refractivity contribution in [2.24, 2.45) is 0 Å². The Morgan fingerprint density at radius 3 is 2.47 bits per heavy atom. The van der Waals surface area contributed by atoms with Crippen LogP contribution in [0.1, 0.15) is 0 Å². The Bertz CT molecular complexity index is 347. The molecule has 0 fully saturated rings. The summed E-state index contributed by atoms with van der Waals surface area (Å²) in [5.41, 5.74) is 0.906. The first-order chi connectivity index (χ1) is 6.99. The third-order valence-electron chi connectivity index (χ3n) is 2.16. The molecule has 0 aromatic heterocycles. The van der Waals surface area contributed by atoms with Gasteiger partial charge in [-0.3, -0.25) is 4.79 Å². The average molecular weight is 223 g/mol. The zero-order chi connectivity index (χ0) is 11.5. The highest BCUT2D eigenvalue weighted by molar-refractivity contribution is 6.82. The molecule has 0 bridgehead atoms. The minimum atomic E-state index is -1.65. The molecule has 0 heterocycles. The number of rotatable bonds is 4. The zero-order valence-corrected chi connectivity index (χ0v) is 10.7. The van der Waals surface area contributed by atoms with Crippen molar-refractivity contribution in [2.45, 2.75) is 19.6 Å². The van der Waals surface area contributed by atoms with E-state index in [1.165, 1.54) is 0 Å². The number of carbonyl (C=O) groups is 1. The van der Waals surface area contributed by atoms with E-state index in [9.17, 15) is 4.79 Å². The van der Waals surface area contributed by atoms with E-state index in [1.54, 1.807) is 7.11 Å². The smallest absolute Gasteiger partial charge is 0.206 e. The normalized spacial score (nSPS) is 10.9. The number of hydrogen-bond acceptors (Lipinski definition) is 2. The molecule has 0 saturated carbocycles. The standard InChI is InChI=1S/C11H17NO2Si/c1-14-11-7-5-6-10(8-11)12(9-13)15(2,3)4/h5-9H,1-4H3. The van der Waals surface area contributed by atoms with Gasteiger partial charge in [-0.2, -0.15) is 0 Å². The maximum Gasteiger partial charge on any atom is 0.206 e. The van der Waals surface area contributed by atoms with Gasteiger partial charge in [-0.1, -0.05) is 25.7 Å². The average Bonchev–Trinajstić information content (AvgIpc) is 2.17. The van der Waals surface area contributed by atoms with Crippen molar-refractivity contribution >= 4 is 20.3 Å². The van der Waals surface area contributed by atoms with Gasteiger partial charge in [0.2, 0.25) is 6.41 Å². The van der Waals surface area contributed by atoms with Crippen LogP contribution in [0.15, 0.2) is 24.3 Å². The summed E-state index contributed by atoms with van der Waals surface area (Å²) in [4.78, 5) is 11.1. The molecule has 0 N–H and O–H groups in total. The first-order valence-electron chi connectivity index (χ1n) is 4.87. The predicted molar refractivity (Wildman–Crippen MR) is 64.9 cm³/mol. The molecule has 0 aliphatic rings. The van der Waals surface area contributed by atoms with Gasteiger partial charge in [0.15, 0.2) is 8.24 Å².